The Balaban J connectivity index is 1.77. The van der Waals surface area contributed by atoms with Crippen LogP contribution in [0.15, 0.2) is 45.0 Å². The number of amides is 1. The number of hydrogen-bond donors (Lipinski definition) is 0. The van der Waals surface area contributed by atoms with Gasteiger partial charge in [-0.1, -0.05) is 40.3 Å². The predicted octanol–water partition coefficient (Wildman–Crippen LogP) is 3.32. The topological polar surface area (TPSA) is 67.6 Å². The largest absolute Gasteiger partial charge is 0.308 e. The van der Waals surface area contributed by atoms with E-state index in [0.717, 1.165) is 27.0 Å². The fraction of sp³-hybridized carbons (Fsp3) is 0.158. The molecule has 0 N–H and O–H groups in total. The van der Waals surface area contributed by atoms with Gasteiger partial charge in [0.25, 0.3) is 11.5 Å². The van der Waals surface area contributed by atoms with Crippen molar-refractivity contribution in [2.45, 2.75) is 13.3 Å². The first-order valence-electron chi connectivity index (χ1n) is 8.68. The summed E-state index contributed by atoms with van der Waals surface area (Å²) in [7, 11) is 0. The molecule has 9 heteroatoms. The van der Waals surface area contributed by atoms with Crippen molar-refractivity contribution in [3.8, 4) is 10.7 Å². The van der Waals surface area contributed by atoms with Gasteiger partial charge in [-0.25, -0.2) is 0 Å². The van der Waals surface area contributed by atoms with E-state index in [-0.39, 0.29) is 11.5 Å². The molecule has 0 fully saturated rings. The normalized spacial score (nSPS) is 15.6. The second-order valence-corrected chi connectivity index (χ2v) is 9.18. The second kappa shape index (κ2) is 6.61. The maximum absolute atomic E-state index is 13.2. The van der Waals surface area contributed by atoms with Gasteiger partial charge >= 0.3 is 0 Å². The molecule has 0 saturated heterocycles. The lowest BCUT2D eigenvalue weighted by molar-refractivity contribution is -0.113. The molecule has 0 saturated carbocycles. The summed E-state index contributed by atoms with van der Waals surface area (Å²) >= 11 is 6.21. The van der Waals surface area contributed by atoms with Gasteiger partial charge in [0.15, 0.2) is 5.82 Å². The molecule has 1 aliphatic rings. The van der Waals surface area contributed by atoms with E-state index in [9.17, 15) is 9.59 Å². The summed E-state index contributed by atoms with van der Waals surface area (Å²) < 4.78 is 2.55. The molecule has 0 atom stereocenters. The van der Waals surface area contributed by atoms with Gasteiger partial charge in [-0.05, 0) is 36.1 Å². The van der Waals surface area contributed by atoms with Gasteiger partial charge in [-0.3, -0.25) is 9.59 Å². The number of carbonyl (C=O) groups is 1. The molecule has 1 amide bonds. The number of fused-ring (bicyclic) bond motifs is 2. The molecular formula is C19H13BrN4O2S2. The smallest absolute Gasteiger partial charge is 0.291 e. The van der Waals surface area contributed by atoms with E-state index in [0.29, 0.717) is 27.4 Å². The van der Waals surface area contributed by atoms with Crippen LogP contribution >= 0.6 is 38.6 Å². The van der Waals surface area contributed by atoms with Gasteiger partial charge in [-0.15, -0.1) is 16.4 Å². The standard InChI is InChI=1S/C19H13BrN4O2S2/c1-2-7-23-12-6-5-10(20)9-11(12)14(17(23)25)15-18(26)24-19(28-15)21-16(22-24)13-4-3-8-27-13/h3-6,8-9H,2,7H2,1H3. The van der Waals surface area contributed by atoms with Crippen LogP contribution in [0.2, 0.25) is 0 Å². The minimum atomic E-state index is -0.303. The van der Waals surface area contributed by atoms with Gasteiger partial charge < -0.3 is 4.90 Å². The van der Waals surface area contributed by atoms with Crippen molar-refractivity contribution in [3.05, 3.63) is 60.6 Å². The minimum absolute atomic E-state index is 0.143. The van der Waals surface area contributed by atoms with E-state index in [2.05, 4.69) is 26.0 Å². The summed E-state index contributed by atoms with van der Waals surface area (Å²) in [5, 5.41) is 6.31. The summed E-state index contributed by atoms with van der Waals surface area (Å²) in [5.74, 6) is 0.387. The van der Waals surface area contributed by atoms with Crippen molar-refractivity contribution in [3.63, 3.8) is 0 Å². The summed E-state index contributed by atoms with van der Waals surface area (Å²) in [5.41, 5.74) is 1.74. The average molecular weight is 473 g/mol. The Labute approximate surface area is 175 Å². The van der Waals surface area contributed by atoms with Crippen molar-refractivity contribution in [2.24, 2.45) is 0 Å². The molecule has 0 spiro atoms. The zero-order chi connectivity index (χ0) is 19.4. The summed E-state index contributed by atoms with van der Waals surface area (Å²) in [6.07, 6.45) is 0.832. The third-order valence-electron chi connectivity index (χ3n) is 4.55. The zero-order valence-electron chi connectivity index (χ0n) is 14.7. The summed E-state index contributed by atoms with van der Waals surface area (Å²) in [4.78, 5) is 33.9. The van der Waals surface area contributed by atoms with Crippen LogP contribution in [0.4, 0.5) is 5.69 Å². The van der Waals surface area contributed by atoms with Gasteiger partial charge in [0, 0.05) is 16.6 Å². The Hall–Kier alpha value is -2.36. The number of thiophene rings is 1. The Morgan fingerprint density at radius 1 is 1.21 bits per heavy atom. The lowest BCUT2D eigenvalue weighted by Crippen LogP contribution is -2.32. The van der Waals surface area contributed by atoms with Crippen molar-refractivity contribution in [2.75, 3.05) is 11.4 Å². The number of benzene rings is 1. The van der Waals surface area contributed by atoms with Crippen molar-refractivity contribution in [1.29, 1.82) is 0 Å². The molecule has 4 aromatic rings. The molecular weight excluding hydrogens is 460 g/mol. The molecule has 5 rings (SSSR count). The molecule has 0 aliphatic carbocycles. The molecule has 0 radical (unpaired) electrons. The molecule has 0 unspecified atom stereocenters. The van der Waals surface area contributed by atoms with Gasteiger partial charge in [0.1, 0.15) is 4.53 Å². The summed E-state index contributed by atoms with van der Waals surface area (Å²) in [6, 6.07) is 9.55. The lowest BCUT2D eigenvalue weighted by atomic mass is 10.1. The fourth-order valence-electron chi connectivity index (χ4n) is 3.36. The van der Waals surface area contributed by atoms with Crippen molar-refractivity contribution in [1.82, 2.24) is 14.6 Å². The van der Waals surface area contributed by atoms with E-state index in [4.69, 9.17) is 0 Å². The molecule has 1 aromatic carbocycles. The van der Waals surface area contributed by atoms with Gasteiger partial charge in [0.05, 0.1) is 16.1 Å². The number of anilines is 1. The number of nitrogens with zero attached hydrogens (tertiary/aromatic N) is 4. The summed E-state index contributed by atoms with van der Waals surface area (Å²) in [6.45, 7) is 2.63. The highest BCUT2D eigenvalue weighted by molar-refractivity contribution is 9.10. The Kier molecular flexibility index (Phi) is 4.18. The average Bonchev–Trinajstić information content (AvgIpc) is 3.42. The number of carbonyl (C=O) groups excluding carboxylic acids is 1. The molecule has 4 heterocycles. The molecule has 0 bridgehead atoms. The predicted molar refractivity (Wildman–Crippen MR) is 115 cm³/mol. The molecule has 6 nitrogen and oxygen atoms in total. The Morgan fingerprint density at radius 3 is 2.79 bits per heavy atom. The number of rotatable bonds is 3. The highest BCUT2D eigenvalue weighted by atomic mass is 79.9. The van der Waals surface area contributed by atoms with E-state index in [1.807, 2.05) is 42.6 Å². The number of thiazole rings is 1. The van der Waals surface area contributed by atoms with Crippen LogP contribution in [-0.2, 0) is 4.79 Å². The van der Waals surface area contributed by atoms with E-state index in [1.54, 1.807) is 4.90 Å². The zero-order valence-corrected chi connectivity index (χ0v) is 17.9. The quantitative estimate of drug-likeness (QED) is 0.458. The SMILES string of the molecule is CCCN1C(=O)C(=c2sc3nc(-c4cccs4)nn3c2=O)c2cc(Br)ccc21. The van der Waals surface area contributed by atoms with Crippen LogP contribution in [0.25, 0.3) is 21.2 Å². The molecule has 1 aliphatic heterocycles. The third-order valence-corrected chi connectivity index (χ3v) is 6.94. The van der Waals surface area contributed by atoms with Crippen molar-refractivity contribution >= 4 is 60.7 Å². The Bertz CT molecular complexity index is 1340. The molecule has 3 aromatic heterocycles. The van der Waals surface area contributed by atoms with Crippen LogP contribution in [0.5, 0.6) is 0 Å². The Morgan fingerprint density at radius 2 is 2.07 bits per heavy atom. The lowest BCUT2D eigenvalue weighted by Gasteiger charge is -2.15. The maximum atomic E-state index is 13.2. The van der Waals surface area contributed by atoms with E-state index >= 15 is 0 Å². The molecule has 140 valence electrons. The van der Waals surface area contributed by atoms with E-state index in [1.165, 1.54) is 27.2 Å². The van der Waals surface area contributed by atoms with Crippen LogP contribution in [0, 0.1) is 0 Å². The highest BCUT2D eigenvalue weighted by Gasteiger charge is 2.34. The highest BCUT2D eigenvalue weighted by Crippen LogP contribution is 2.37. The third kappa shape index (κ3) is 2.57. The van der Waals surface area contributed by atoms with E-state index < -0.39 is 0 Å². The number of halogens is 1. The fourth-order valence-corrected chi connectivity index (χ4v) is 5.38. The molecule has 28 heavy (non-hydrogen) atoms. The first kappa shape index (κ1) is 17.7. The monoisotopic (exact) mass is 472 g/mol. The number of aromatic nitrogens is 3. The van der Waals surface area contributed by atoms with Crippen molar-refractivity contribution < 1.29 is 4.79 Å². The van der Waals surface area contributed by atoms with Crippen LogP contribution in [0.1, 0.15) is 18.9 Å². The first-order chi connectivity index (χ1) is 13.6. The number of hydrogen-bond acceptors (Lipinski definition) is 6. The van der Waals surface area contributed by atoms with Crippen LogP contribution in [0.3, 0.4) is 0 Å². The van der Waals surface area contributed by atoms with Crippen LogP contribution < -0.4 is 15.0 Å². The maximum Gasteiger partial charge on any atom is 0.291 e. The van der Waals surface area contributed by atoms with Gasteiger partial charge in [0.2, 0.25) is 4.96 Å². The first-order valence-corrected chi connectivity index (χ1v) is 11.2. The minimum Gasteiger partial charge on any atom is -0.308 e. The second-order valence-electron chi connectivity index (χ2n) is 6.34. The van der Waals surface area contributed by atoms with Crippen LogP contribution in [-0.4, -0.2) is 27.0 Å². The van der Waals surface area contributed by atoms with Gasteiger partial charge in [-0.2, -0.15) is 9.50 Å².